The first-order valence-corrected chi connectivity index (χ1v) is 24.9. The molecule has 5 saturated carbocycles. The van der Waals surface area contributed by atoms with Gasteiger partial charge < -0.3 is 36.0 Å². The minimum absolute atomic E-state index is 0. The molecule has 8 fully saturated rings. The lowest BCUT2D eigenvalue weighted by Crippen LogP contribution is -2.52. The van der Waals surface area contributed by atoms with E-state index in [0.29, 0.717) is 30.7 Å². The number of hydrogen-bond acceptors (Lipinski definition) is 10. The maximum absolute atomic E-state index is 11.1. The van der Waals surface area contributed by atoms with Gasteiger partial charge in [-0.1, -0.05) is 13.5 Å². The predicted octanol–water partition coefficient (Wildman–Crippen LogP) is 4.62. The van der Waals surface area contributed by atoms with Gasteiger partial charge in [-0.05, 0) is 114 Å². The van der Waals surface area contributed by atoms with Crippen LogP contribution in [0.15, 0.2) is 11.8 Å². The van der Waals surface area contributed by atoms with Gasteiger partial charge in [0.05, 0.1) is 0 Å². The third-order valence-electron chi connectivity index (χ3n) is 14.4. The normalized spacial score (nSPS) is 27.9. The number of carbonyl (C=O) groups is 4. The second-order valence-corrected chi connectivity index (χ2v) is 20.1. The lowest BCUT2D eigenvalue weighted by atomic mass is 9.89. The molecule has 6 aliphatic carbocycles. The number of nitrogens with one attached hydrogen (secondary N) is 4. The summed E-state index contributed by atoms with van der Waals surface area (Å²) >= 11 is 0. The molecule has 9 aliphatic rings. The van der Waals surface area contributed by atoms with E-state index in [9.17, 15) is 19.2 Å². The second kappa shape index (κ2) is 26.4. The Labute approximate surface area is 376 Å². The number of allylic oxidation sites excluding steroid dienone is 1. The highest BCUT2D eigenvalue weighted by molar-refractivity contribution is 5.80. The zero-order valence-corrected chi connectivity index (χ0v) is 38.6. The smallest absolute Gasteiger partial charge is 0.217 e. The van der Waals surface area contributed by atoms with Crippen molar-refractivity contribution in [3.8, 4) is 0 Å². The molecule has 4 N–H and O–H groups in total. The van der Waals surface area contributed by atoms with Gasteiger partial charge in [-0.15, -0.1) is 0 Å². The molecule has 0 aromatic carbocycles. The molecule has 9 rings (SSSR count). The zero-order valence-electron chi connectivity index (χ0n) is 38.6. The molecule has 13 heteroatoms. The van der Waals surface area contributed by atoms with Crippen LogP contribution >= 0.6 is 0 Å². The van der Waals surface area contributed by atoms with Gasteiger partial charge >= 0.3 is 0 Å². The van der Waals surface area contributed by atoms with E-state index in [0.717, 1.165) is 68.7 Å². The Morgan fingerprint density at radius 1 is 0.532 bits per heavy atom. The molecule has 3 amide bonds. The van der Waals surface area contributed by atoms with E-state index in [2.05, 4.69) is 51.8 Å². The first-order chi connectivity index (χ1) is 29.5. The van der Waals surface area contributed by atoms with E-state index in [1.807, 2.05) is 0 Å². The maximum atomic E-state index is 11.1. The Morgan fingerprint density at radius 2 is 0.952 bits per heavy atom. The summed E-state index contributed by atoms with van der Waals surface area (Å²) in [5.74, 6) is 3.65. The minimum Gasteiger partial charge on any atom is -0.373 e. The van der Waals surface area contributed by atoms with E-state index in [4.69, 9.17) is 0 Å². The van der Waals surface area contributed by atoms with Gasteiger partial charge in [0.25, 0.3) is 0 Å². The molecule has 3 heterocycles. The number of piperazine rings is 3. The van der Waals surface area contributed by atoms with E-state index in [1.165, 1.54) is 162 Å². The fraction of sp³-hybridized carbons (Fsp3) is 0.878. The molecule has 0 spiro atoms. The van der Waals surface area contributed by atoms with E-state index >= 15 is 0 Å². The van der Waals surface area contributed by atoms with Crippen molar-refractivity contribution < 1.29 is 19.2 Å². The Bertz CT molecular complexity index is 1380. The van der Waals surface area contributed by atoms with Crippen LogP contribution in [-0.4, -0.2) is 170 Å². The van der Waals surface area contributed by atoms with Crippen LogP contribution in [0, 0.1) is 17.8 Å². The summed E-state index contributed by atoms with van der Waals surface area (Å²) in [6, 6.07) is 1.79. The number of nitrogens with zero attached hydrogens (tertiary/aromatic N) is 5. The first kappa shape index (κ1) is 50.4. The SMILES string of the molecule is C.C1CN(CC2CC2)CCN1.CC(=O)NC1CC=C(N2CCN(CC3CC3)CC2)CC1.CC(=O)NC1CCC(=O)CC1.CC(=O)NC1CCC(N2CCN(CC3CC3)CC2)CC1. The highest BCUT2D eigenvalue weighted by atomic mass is 16.2. The van der Waals surface area contributed by atoms with E-state index < -0.39 is 0 Å². The summed E-state index contributed by atoms with van der Waals surface area (Å²) < 4.78 is 0. The minimum atomic E-state index is 0. The van der Waals surface area contributed by atoms with Crippen molar-refractivity contribution in [3.63, 3.8) is 0 Å². The van der Waals surface area contributed by atoms with Gasteiger partial charge in [0, 0.05) is 162 Å². The van der Waals surface area contributed by atoms with Crippen molar-refractivity contribution in [3.05, 3.63) is 11.8 Å². The zero-order chi connectivity index (χ0) is 43.0. The largest absolute Gasteiger partial charge is 0.373 e. The average Bonchev–Trinajstić information content (AvgIpc) is 4.10. The summed E-state index contributed by atoms with van der Waals surface area (Å²) in [6.07, 6.45) is 22.1. The van der Waals surface area contributed by atoms with Gasteiger partial charge in [-0.2, -0.15) is 0 Å². The average molecular weight is 868 g/mol. The lowest BCUT2D eigenvalue weighted by Gasteiger charge is -2.42. The van der Waals surface area contributed by atoms with Crippen LogP contribution < -0.4 is 21.3 Å². The molecule has 354 valence electrons. The quantitative estimate of drug-likeness (QED) is 0.234. The Morgan fingerprint density at radius 3 is 1.39 bits per heavy atom. The fourth-order valence-electron chi connectivity index (χ4n) is 10.2. The number of ketones is 1. The summed E-state index contributed by atoms with van der Waals surface area (Å²) in [5.41, 5.74) is 1.51. The van der Waals surface area contributed by atoms with E-state index in [1.54, 1.807) is 13.8 Å². The first-order valence-electron chi connectivity index (χ1n) is 24.9. The summed E-state index contributed by atoms with van der Waals surface area (Å²) in [6.45, 7) is 23.6. The maximum Gasteiger partial charge on any atom is 0.217 e. The number of amides is 3. The number of carbonyl (C=O) groups excluding carboxylic acids is 4. The van der Waals surface area contributed by atoms with Crippen LogP contribution in [0.2, 0.25) is 0 Å². The Kier molecular flexibility index (Phi) is 21.5. The molecule has 13 nitrogen and oxygen atoms in total. The van der Waals surface area contributed by atoms with Gasteiger partial charge in [0.2, 0.25) is 17.7 Å². The van der Waals surface area contributed by atoms with Crippen molar-refractivity contribution in [2.45, 2.75) is 162 Å². The van der Waals surface area contributed by atoms with Crippen LogP contribution in [-0.2, 0) is 19.2 Å². The molecule has 0 bridgehead atoms. The van der Waals surface area contributed by atoms with Gasteiger partial charge in [-0.3, -0.25) is 29.0 Å². The van der Waals surface area contributed by atoms with Crippen molar-refractivity contribution in [1.82, 2.24) is 45.8 Å². The third-order valence-corrected chi connectivity index (χ3v) is 14.4. The summed E-state index contributed by atoms with van der Waals surface area (Å²) in [7, 11) is 0. The lowest BCUT2D eigenvalue weighted by molar-refractivity contribution is -0.123. The molecule has 1 atom stereocenters. The highest BCUT2D eigenvalue weighted by Crippen LogP contribution is 2.32. The van der Waals surface area contributed by atoms with Crippen molar-refractivity contribution in [2.24, 2.45) is 17.8 Å². The van der Waals surface area contributed by atoms with Crippen molar-refractivity contribution in [1.29, 1.82) is 0 Å². The second-order valence-electron chi connectivity index (χ2n) is 20.1. The summed E-state index contributed by atoms with van der Waals surface area (Å²) in [5, 5.41) is 12.3. The predicted molar refractivity (Wildman–Crippen MR) is 251 cm³/mol. The molecule has 62 heavy (non-hydrogen) atoms. The number of hydrogen-bond donors (Lipinski definition) is 4. The van der Waals surface area contributed by atoms with Crippen molar-refractivity contribution >= 4 is 23.5 Å². The van der Waals surface area contributed by atoms with Gasteiger partial charge in [0.15, 0.2) is 0 Å². The molecule has 0 radical (unpaired) electrons. The molecule has 0 aromatic heterocycles. The Hall–Kier alpha value is -2.58. The molecule has 0 aromatic rings. The van der Waals surface area contributed by atoms with Crippen LogP contribution in [0.3, 0.4) is 0 Å². The number of Topliss-reactive ketones (excluding diaryl/α,β-unsaturated/α-hetero) is 1. The van der Waals surface area contributed by atoms with E-state index in [-0.39, 0.29) is 31.2 Å². The third kappa shape index (κ3) is 19.7. The number of rotatable bonds is 11. The van der Waals surface area contributed by atoms with Crippen LogP contribution in [0.1, 0.15) is 137 Å². The van der Waals surface area contributed by atoms with Gasteiger partial charge in [-0.25, -0.2) is 0 Å². The van der Waals surface area contributed by atoms with Gasteiger partial charge in [0.1, 0.15) is 5.78 Å². The topological polar surface area (TPSA) is 133 Å². The molecule has 3 saturated heterocycles. The monoisotopic (exact) mass is 868 g/mol. The van der Waals surface area contributed by atoms with Crippen LogP contribution in [0.25, 0.3) is 0 Å². The highest BCUT2D eigenvalue weighted by Gasteiger charge is 2.32. The standard InChI is InChI=1S/C16H29N3O.C16H27N3O.C8H16N2.C8H13NO2.CH4/c2*1-13(20)17-15-4-6-16(7-5-15)19-10-8-18(9-11-19)12-14-2-3-14;1-2-8(1)7-10-5-3-9-4-6-10;1-6(10)9-7-2-4-8(11)5-3-7;/h14-16H,2-12H2,1H3,(H,17,20);6,14-15H,2-5,7-12H2,1H3,(H,17,20);8-9H,1-7H2;7H,2-5H2,1H3,(H,9,10);1H4. The molecular weight excluding hydrogens is 779 g/mol. The molecular formula is C49H89N9O4. The molecule has 1 unspecified atom stereocenters. The Balaban J connectivity index is 0.000000162. The summed E-state index contributed by atoms with van der Waals surface area (Å²) in [4.78, 5) is 56.7. The van der Waals surface area contributed by atoms with Crippen molar-refractivity contribution in [2.75, 3.05) is 98.2 Å². The van der Waals surface area contributed by atoms with Crippen LogP contribution in [0.4, 0.5) is 0 Å². The van der Waals surface area contributed by atoms with Crippen LogP contribution in [0.5, 0.6) is 0 Å². The fourth-order valence-corrected chi connectivity index (χ4v) is 10.2. The molecule has 3 aliphatic heterocycles.